The Balaban J connectivity index is 2.42. The number of nitrogens with two attached hydrogens (primary N) is 1. The molecule has 0 fully saturated rings. The largest absolute Gasteiger partial charge is 0.344 e. The lowest BCUT2D eigenvalue weighted by Gasteiger charge is -2.25. The predicted molar refractivity (Wildman–Crippen MR) is 92.7 cm³/mol. The van der Waals surface area contributed by atoms with E-state index in [1.807, 2.05) is 12.1 Å². The van der Waals surface area contributed by atoms with E-state index in [0.717, 1.165) is 23.6 Å². The van der Waals surface area contributed by atoms with Gasteiger partial charge in [0.05, 0.1) is 0 Å². The van der Waals surface area contributed by atoms with Crippen molar-refractivity contribution < 1.29 is 0 Å². The fourth-order valence-corrected chi connectivity index (χ4v) is 2.68. The topological polar surface area (TPSA) is 29.3 Å². The lowest BCUT2D eigenvalue weighted by molar-refractivity contribution is 0.646. The Labute approximate surface area is 132 Å². The van der Waals surface area contributed by atoms with E-state index in [-0.39, 0.29) is 6.04 Å². The number of anilines is 2. The quantitative estimate of drug-likeness (QED) is 0.867. The zero-order chi connectivity index (χ0) is 15.4. The second-order valence-electron chi connectivity index (χ2n) is 5.49. The second kappa shape index (κ2) is 6.97. The Kier molecular flexibility index (Phi) is 5.27. The van der Waals surface area contributed by atoms with Gasteiger partial charge < -0.3 is 10.6 Å². The fraction of sp³-hybridized carbons (Fsp3) is 0.333. The summed E-state index contributed by atoms with van der Waals surface area (Å²) in [6, 6.07) is 14.6. The van der Waals surface area contributed by atoms with Gasteiger partial charge in [-0.3, -0.25) is 0 Å². The van der Waals surface area contributed by atoms with Gasteiger partial charge in [0, 0.05) is 29.5 Å². The Bertz CT molecular complexity index is 610. The molecule has 2 nitrogen and oxygen atoms in total. The van der Waals surface area contributed by atoms with Gasteiger partial charge >= 0.3 is 0 Å². The molecule has 0 aromatic heterocycles. The van der Waals surface area contributed by atoms with Crippen LogP contribution in [0.2, 0.25) is 5.02 Å². The summed E-state index contributed by atoms with van der Waals surface area (Å²) < 4.78 is 0. The van der Waals surface area contributed by atoms with E-state index >= 15 is 0 Å². The molecule has 1 atom stereocenters. The number of halogens is 1. The van der Waals surface area contributed by atoms with Crippen LogP contribution in [0.5, 0.6) is 0 Å². The molecule has 0 aliphatic carbocycles. The van der Waals surface area contributed by atoms with Crippen molar-refractivity contribution in [1.82, 2.24) is 0 Å². The van der Waals surface area contributed by atoms with Gasteiger partial charge in [-0.05, 0) is 49.1 Å². The van der Waals surface area contributed by atoms with Crippen LogP contribution in [-0.4, -0.2) is 13.1 Å². The summed E-state index contributed by atoms with van der Waals surface area (Å²) in [7, 11) is 2.08. The van der Waals surface area contributed by atoms with Gasteiger partial charge in [-0.15, -0.1) is 0 Å². The Morgan fingerprint density at radius 1 is 1.14 bits per heavy atom. The first-order chi connectivity index (χ1) is 10.0. The number of rotatable bonds is 5. The summed E-state index contributed by atoms with van der Waals surface area (Å²) in [5, 5.41) is 0.749. The Morgan fingerprint density at radius 3 is 2.52 bits per heavy atom. The van der Waals surface area contributed by atoms with Gasteiger partial charge in [0.15, 0.2) is 0 Å². The number of aryl methyl sites for hydroxylation is 1. The average molecular weight is 303 g/mol. The van der Waals surface area contributed by atoms with Gasteiger partial charge in [0.25, 0.3) is 0 Å². The Morgan fingerprint density at radius 2 is 1.86 bits per heavy atom. The molecular formula is C18H23ClN2. The van der Waals surface area contributed by atoms with Gasteiger partial charge in [-0.2, -0.15) is 0 Å². The summed E-state index contributed by atoms with van der Waals surface area (Å²) in [5.41, 5.74) is 10.9. The van der Waals surface area contributed by atoms with Crippen molar-refractivity contribution in [2.45, 2.75) is 32.7 Å². The highest BCUT2D eigenvalue weighted by Crippen LogP contribution is 2.32. The zero-order valence-electron chi connectivity index (χ0n) is 12.9. The lowest BCUT2D eigenvalue weighted by Crippen LogP contribution is -2.23. The second-order valence-corrected chi connectivity index (χ2v) is 5.93. The molecule has 2 aromatic rings. The van der Waals surface area contributed by atoms with Gasteiger partial charge in [0.2, 0.25) is 0 Å². The van der Waals surface area contributed by atoms with Gasteiger partial charge in [-0.1, -0.05) is 42.8 Å². The highest BCUT2D eigenvalue weighted by Gasteiger charge is 2.13. The third-order valence-corrected chi connectivity index (χ3v) is 4.13. The van der Waals surface area contributed by atoms with E-state index in [4.69, 9.17) is 17.3 Å². The summed E-state index contributed by atoms with van der Waals surface area (Å²) in [6.45, 7) is 4.24. The van der Waals surface area contributed by atoms with Crippen LogP contribution in [0.25, 0.3) is 0 Å². The van der Waals surface area contributed by atoms with E-state index in [9.17, 15) is 0 Å². The van der Waals surface area contributed by atoms with E-state index in [2.05, 4.69) is 56.1 Å². The van der Waals surface area contributed by atoms with Crippen molar-refractivity contribution in [1.29, 1.82) is 0 Å². The van der Waals surface area contributed by atoms with E-state index in [1.165, 1.54) is 16.8 Å². The van der Waals surface area contributed by atoms with Crippen LogP contribution in [-0.2, 0) is 6.42 Å². The minimum Gasteiger partial charge on any atom is -0.344 e. The molecule has 21 heavy (non-hydrogen) atoms. The number of para-hydroxylation sites is 1. The Hall–Kier alpha value is -1.51. The molecule has 0 saturated heterocycles. The van der Waals surface area contributed by atoms with Crippen molar-refractivity contribution in [3.8, 4) is 0 Å². The zero-order valence-corrected chi connectivity index (χ0v) is 13.7. The SMILES string of the molecule is CCC(N)Cc1ccc(Cl)cc1N(C)c1ccccc1C. The summed E-state index contributed by atoms with van der Waals surface area (Å²) in [5.74, 6) is 0. The normalized spacial score (nSPS) is 12.2. The lowest BCUT2D eigenvalue weighted by atomic mass is 10.0. The molecule has 0 aliphatic heterocycles. The fourth-order valence-electron chi connectivity index (χ4n) is 2.52. The highest BCUT2D eigenvalue weighted by atomic mass is 35.5. The minimum absolute atomic E-state index is 0.176. The van der Waals surface area contributed by atoms with Crippen LogP contribution in [0.15, 0.2) is 42.5 Å². The van der Waals surface area contributed by atoms with Crippen molar-refractivity contribution in [2.24, 2.45) is 5.73 Å². The smallest absolute Gasteiger partial charge is 0.0456 e. The number of benzene rings is 2. The molecular weight excluding hydrogens is 280 g/mol. The predicted octanol–water partition coefficient (Wildman–Crippen LogP) is 4.70. The van der Waals surface area contributed by atoms with Crippen LogP contribution in [0.1, 0.15) is 24.5 Å². The van der Waals surface area contributed by atoms with Crippen LogP contribution in [0.4, 0.5) is 11.4 Å². The van der Waals surface area contributed by atoms with Crippen LogP contribution >= 0.6 is 11.6 Å². The van der Waals surface area contributed by atoms with Crippen LogP contribution in [0, 0.1) is 6.92 Å². The molecule has 1 unspecified atom stereocenters. The standard InChI is InChI=1S/C18H23ClN2/c1-4-16(20)11-14-9-10-15(19)12-18(14)21(3)17-8-6-5-7-13(17)2/h5-10,12,16H,4,11,20H2,1-3H3. The molecule has 112 valence electrons. The molecule has 0 amide bonds. The molecule has 0 radical (unpaired) electrons. The molecule has 0 saturated carbocycles. The molecule has 0 heterocycles. The number of nitrogens with zero attached hydrogens (tertiary/aromatic N) is 1. The van der Waals surface area contributed by atoms with Crippen molar-refractivity contribution in [3.05, 3.63) is 58.6 Å². The first-order valence-corrected chi connectivity index (χ1v) is 7.74. The van der Waals surface area contributed by atoms with E-state index in [1.54, 1.807) is 0 Å². The highest BCUT2D eigenvalue weighted by molar-refractivity contribution is 6.30. The van der Waals surface area contributed by atoms with Crippen LogP contribution in [0.3, 0.4) is 0 Å². The molecule has 0 aliphatic rings. The maximum absolute atomic E-state index is 6.20. The van der Waals surface area contributed by atoms with Gasteiger partial charge in [-0.25, -0.2) is 0 Å². The molecule has 2 aromatic carbocycles. The third-order valence-electron chi connectivity index (χ3n) is 3.89. The summed E-state index contributed by atoms with van der Waals surface area (Å²) in [6.07, 6.45) is 1.83. The van der Waals surface area contributed by atoms with Gasteiger partial charge in [0.1, 0.15) is 0 Å². The third kappa shape index (κ3) is 3.78. The molecule has 0 bridgehead atoms. The van der Waals surface area contributed by atoms with Crippen LogP contribution < -0.4 is 10.6 Å². The molecule has 0 spiro atoms. The van der Waals surface area contributed by atoms with E-state index in [0.29, 0.717) is 0 Å². The number of hydrogen-bond donors (Lipinski definition) is 1. The maximum atomic E-state index is 6.20. The van der Waals surface area contributed by atoms with Crippen molar-refractivity contribution in [2.75, 3.05) is 11.9 Å². The monoisotopic (exact) mass is 302 g/mol. The molecule has 3 heteroatoms. The summed E-state index contributed by atoms with van der Waals surface area (Å²) >= 11 is 6.20. The van der Waals surface area contributed by atoms with E-state index < -0.39 is 0 Å². The van der Waals surface area contributed by atoms with Crippen molar-refractivity contribution >= 4 is 23.0 Å². The average Bonchev–Trinajstić information content (AvgIpc) is 2.48. The summed E-state index contributed by atoms with van der Waals surface area (Å²) in [4.78, 5) is 2.19. The number of hydrogen-bond acceptors (Lipinski definition) is 2. The molecule has 2 N–H and O–H groups in total. The first kappa shape index (κ1) is 15.9. The van der Waals surface area contributed by atoms with Crippen molar-refractivity contribution in [3.63, 3.8) is 0 Å². The molecule has 2 rings (SSSR count). The maximum Gasteiger partial charge on any atom is 0.0456 e. The minimum atomic E-state index is 0.176. The first-order valence-electron chi connectivity index (χ1n) is 7.36.